The Labute approximate surface area is 191 Å². The Bertz CT molecular complexity index is 715. The third-order valence-electron chi connectivity index (χ3n) is 5.78. The first kappa shape index (κ1) is 23.7. The number of nitrogens with zero attached hydrogens (tertiary/aromatic N) is 4. The number of guanidine groups is 1. The Balaban J connectivity index is 0.00000300. The van der Waals surface area contributed by atoms with Gasteiger partial charge >= 0.3 is 0 Å². The highest BCUT2D eigenvalue weighted by molar-refractivity contribution is 14.0. The third kappa shape index (κ3) is 6.20. The molecule has 0 bridgehead atoms. The van der Waals surface area contributed by atoms with Crippen molar-refractivity contribution in [2.24, 2.45) is 22.1 Å². The van der Waals surface area contributed by atoms with Gasteiger partial charge in [0.15, 0.2) is 5.96 Å². The lowest BCUT2D eigenvalue weighted by molar-refractivity contribution is -0.122. The van der Waals surface area contributed by atoms with E-state index in [1.807, 2.05) is 12.3 Å². The van der Waals surface area contributed by atoms with Gasteiger partial charge in [0.05, 0.1) is 6.54 Å². The van der Waals surface area contributed by atoms with Crippen molar-refractivity contribution in [1.82, 2.24) is 15.2 Å². The molecule has 8 heteroatoms. The normalized spacial score (nSPS) is 19.8. The SMILES string of the molecule is CCNC(=NCc1cccnc1N1CCC(C(N)=O)CC1)N1CCC(C)(C)C1.I. The number of nitrogens with two attached hydrogens (primary N) is 1. The summed E-state index contributed by atoms with van der Waals surface area (Å²) in [5.74, 6) is 1.76. The molecule has 2 saturated heterocycles. The van der Waals surface area contributed by atoms with Crippen LogP contribution in [-0.4, -0.2) is 54.5 Å². The van der Waals surface area contributed by atoms with Crippen LogP contribution in [0.15, 0.2) is 23.3 Å². The van der Waals surface area contributed by atoms with Crippen LogP contribution in [0.4, 0.5) is 5.82 Å². The van der Waals surface area contributed by atoms with E-state index in [2.05, 4.69) is 46.9 Å². The molecule has 0 saturated carbocycles. The number of carbonyl (C=O) groups is 1. The van der Waals surface area contributed by atoms with Crippen LogP contribution in [0.25, 0.3) is 0 Å². The van der Waals surface area contributed by atoms with E-state index in [-0.39, 0.29) is 35.8 Å². The Morgan fingerprint density at radius 2 is 2.07 bits per heavy atom. The molecule has 2 aliphatic rings. The fourth-order valence-electron chi connectivity index (χ4n) is 4.09. The molecule has 2 aliphatic heterocycles. The minimum atomic E-state index is -0.186. The first-order valence-corrected chi connectivity index (χ1v) is 10.4. The van der Waals surface area contributed by atoms with Crippen molar-refractivity contribution < 1.29 is 4.79 Å². The van der Waals surface area contributed by atoms with Crippen LogP contribution in [0.2, 0.25) is 0 Å². The number of likely N-dealkylation sites (tertiary alicyclic amines) is 1. The Morgan fingerprint density at radius 3 is 2.66 bits per heavy atom. The minimum Gasteiger partial charge on any atom is -0.369 e. The average Bonchev–Trinajstić information content (AvgIpc) is 3.05. The molecule has 162 valence electrons. The summed E-state index contributed by atoms with van der Waals surface area (Å²) in [6.07, 6.45) is 4.60. The number of rotatable bonds is 5. The number of hydrogen-bond acceptors (Lipinski definition) is 4. The minimum absolute atomic E-state index is 0. The zero-order valence-corrected chi connectivity index (χ0v) is 20.2. The van der Waals surface area contributed by atoms with E-state index >= 15 is 0 Å². The number of amides is 1. The zero-order chi connectivity index (χ0) is 20.1. The molecule has 0 radical (unpaired) electrons. The van der Waals surface area contributed by atoms with Crippen molar-refractivity contribution >= 4 is 41.7 Å². The topological polar surface area (TPSA) is 86.9 Å². The highest BCUT2D eigenvalue weighted by Crippen LogP contribution is 2.29. The van der Waals surface area contributed by atoms with Gasteiger partial charge in [-0.3, -0.25) is 4.79 Å². The fourth-order valence-corrected chi connectivity index (χ4v) is 4.09. The molecule has 7 nitrogen and oxygen atoms in total. The zero-order valence-electron chi connectivity index (χ0n) is 17.9. The van der Waals surface area contributed by atoms with E-state index in [0.29, 0.717) is 12.0 Å². The van der Waals surface area contributed by atoms with Gasteiger partial charge in [0.25, 0.3) is 0 Å². The lowest BCUT2D eigenvalue weighted by atomic mass is 9.93. The molecule has 1 amide bonds. The van der Waals surface area contributed by atoms with Gasteiger partial charge in [0.2, 0.25) is 5.91 Å². The van der Waals surface area contributed by atoms with Crippen LogP contribution >= 0.6 is 24.0 Å². The van der Waals surface area contributed by atoms with Crippen LogP contribution in [0, 0.1) is 11.3 Å². The molecule has 0 aliphatic carbocycles. The van der Waals surface area contributed by atoms with Crippen LogP contribution in [0.1, 0.15) is 45.6 Å². The van der Waals surface area contributed by atoms with Crippen LogP contribution < -0.4 is 16.0 Å². The molecular formula is C21H35IN6O. The van der Waals surface area contributed by atoms with E-state index < -0.39 is 0 Å². The maximum atomic E-state index is 11.4. The van der Waals surface area contributed by atoms with Crippen LogP contribution in [0.5, 0.6) is 0 Å². The van der Waals surface area contributed by atoms with Crippen molar-refractivity contribution in [3.63, 3.8) is 0 Å². The number of carbonyl (C=O) groups excluding carboxylic acids is 1. The molecule has 3 heterocycles. The highest BCUT2D eigenvalue weighted by Gasteiger charge is 2.31. The molecule has 2 fully saturated rings. The largest absolute Gasteiger partial charge is 0.369 e. The second-order valence-corrected chi connectivity index (χ2v) is 8.66. The second kappa shape index (κ2) is 10.4. The summed E-state index contributed by atoms with van der Waals surface area (Å²) >= 11 is 0. The number of primary amides is 1. The van der Waals surface area contributed by atoms with Crippen molar-refractivity contribution in [3.05, 3.63) is 23.9 Å². The maximum Gasteiger partial charge on any atom is 0.220 e. The van der Waals surface area contributed by atoms with E-state index in [9.17, 15) is 4.79 Å². The predicted molar refractivity (Wildman–Crippen MR) is 129 cm³/mol. The molecule has 0 unspecified atom stereocenters. The van der Waals surface area contributed by atoms with Gasteiger partial charge in [0, 0.05) is 50.4 Å². The number of anilines is 1. The first-order valence-electron chi connectivity index (χ1n) is 10.4. The number of aliphatic imine (C=N–C) groups is 1. The van der Waals surface area contributed by atoms with E-state index in [4.69, 9.17) is 10.7 Å². The van der Waals surface area contributed by atoms with Gasteiger partial charge in [-0.2, -0.15) is 0 Å². The van der Waals surface area contributed by atoms with E-state index in [0.717, 1.165) is 62.9 Å². The molecule has 0 aromatic carbocycles. The number of halogens is 1. The third-order valence-corrected chi connectivity index (χ3v) is 5.78. The Morgan fingerprint density at radius 1 is 1.34 bits per heavy atom. The molecular weight excluding hydrogens is 479 g/mol. The number of pyridine rings is 1. The standard InChI is InChI=1S/C21H34N6O.HI/c1-4-23-20(27-13-9-21(2,3)15-27)25-14-17-6-5-10-24-19(17)26-11-7-16(8-12-26)18(22)28;/h5-6,10,16H,4,7-9,11-15H2,1-3H3,(H2,22,28)(H,23,25);1H. The van der Waals surface area contributed by atoms with E-state index in [1.165, 1.54) is 6.42 Å². The van der Waals surface area contributed by atoms with Crippen LogP contribution in [-0.2, 0) is 11.3 Å². The smallest absolute Gasteiger partial charge is 0.220 e. The summed E-state index contributed by atoms with van der Waals surface area (Å²) in [6.45, 7) is 11.9. The molecule has 3 rings (SSSR count). The lowest BCUT2D eigenvalue weighted by Gasteiger charge is -2.32. The molecule has 29 heavy (non-hydrogen) atoms. The Kier molecular flexibility index (Phi) is 8.54. The van der Waals surface area contributed by atoms with Crippen molar-refractivity contribution in [3.8, 4) is 0 Å². The molecule has 0 spiro atoms. The van der Waals surface area contributed by atoms with Gasteiger partial charge in [0.1, 0.15) is 5.82 Å². The molecule has 3 N–H and O–H groups in total. The number of nitrogens with one attached hydrogen (secondary N) is 1. The molecule has 0 atom stereocenters. The number of hydrogen-bond donors (Lipinski definition) is 2. The quantitative estimate of drug-likeness (QED) is 0.359. The summed E-state index contributed by atoms with van der Waals surface area (Å²) in [5, 5.41) is 3.44. The number of aromatic nitrogens is 1. The lowest BCUT2D eigenvalue weighted by Crippen LogP contribution is -2.41. The summed E-state index contributed by atoms with van der Waals surface area (Å²) in [4.78, 5) is 25.6. The highest BCUT2D eigenvalue weighted by atomic mass is 127. The fraction of sp³-hybridized carbons (Fsp3) is 0.667. The van der Waals surface area contributed by atoms with Gasteiger partial charge in [-0.05, 0) is 37.7 Å². The molecule has 1 aromatic rings. The maximum absolute atomic E-state index is 11.4. The van der Waals surface area contributed by atoms with E-state index in [1.54, 1.807) is 0 Å². The van der Waals surface area contributed by atoms with Gasteiger partial charge in [-0.1, -0.05) is 19.9 Å². The predicted octanol–water partition coefficient (Wildman–Crippen LogP) is 2.60. The first-order chi connectivity index (χ1) is 13.4. The van der Waals surface area contributed by atoms with Crippen molar-refractivity contribution in [2.45, 2.75) is 46.6 Å². The van der Waals surface area contributed by atoms with Crippen molar-refractivity contribution in [2.75, 3.05) is 37.6 Å². The summed E-state index contributed by atoms with van der Waals surface area (Å²) in [6, 6.07) is 4.07. The van der Waals surface area contributed by atoms with Gasteiger partial charge in [-0.25, -0.2) is 9.98 Å². The van der Waals surface area contributed by atoms with Crippen molar-refractivity contribution in [1.29, 1.82) is 0 Å². The average molecular weight is 514 g/mol. The summed E-state index contributed by atoms with van der Waals surface area (Å²) in [5.41, 5.74) is 6.92. The summed E-state index contributed by atoms with van der Waals surface area (Å²) < 4.78 is 0. The van der Waals surface area contributed by atoms with Crippen LogP contribution in [0.3, 0.4) is 0 Å². The Hall–Kier alpha value is -1.58. The van der Waals surface area contributed by atoms with Gasteiger partial charge < -0.3 is 20.9 Å². The molecule has 1 aromatic heterocycles. The monoisotopic (exact) mass is 514 g/mol. The second-order valence-electron chi connectivity index (χ2n) is 8.66. The number of piperidine rings is 1. The van der Waals surface area contributed by atoms with Gasteiger partial charge in [-0.15, -0.1) is 24.0 Å². The summed E-state index contributed by atoms with van der Waals surface area (Å²) in [7, 11) is 0.